The molecule has 2 rings (SSSR count). The van der Waals surface area contributed by atoms with Gasteiger partial charge in [0.05, 0.1) is 29.7 Å². The smallest absolute Gasteiger partial charge is 0.251 e. The van der Waals surface area contributed by atoms with Gasteiger partial charge in [0, 0.05) is 49.7 Å². The van der Waals surface area contributed by atoms with Gasteiger partial charge in [-0.25, -0.2) is 0 Å². The number of nitrogens with two attached hydrogens (primary N) is 2. The first-order valence-corrected chi connectivity index (χ1v) is 13.0. The standard InChI is InChI=1S/C29H41N3O7/c1-15-10-20-26(31)22(33)14-21(28(20)36)32-29(37)16(2)8-7-9-23(38-5)19(13-25(30)34)17(3)12-18(4)27(35)24(11-15)39-6/h7-9,12,14-15,18-19,23-24,27,35H,10-11,13,31H2,1-6H3,(H2,30,34)(H,32,37)/b9-7-,16-8+,17-12+/t15-,18+,19+,23+,24+,27-/m1/s1. The van der Waals surface area contributed by atoms with Crippen molar-refractivity contribution in [1.82, 2.24) is 5.32 Å². The van der Waals surface area contributed by atoms with Crippen molar-refractivity contribution >= 4 is 23.4 Å². The Bertz CT molecular complexity index is 1130. The zero-order chi connectivity index (χ0) is 29.4. The second-order valence-electron chi connectivity index (χ2n) is 10.4. The van der Waals surface area contributed by atoms with E-state index in [0.29, 0.717) is 6.42 Å². The summed E-state index contributed by atoms with van der Waals surface area (Å²) in [6, 6.07) is 0. The molecule has 1 aliphatic carbocycles. The van der Waals surface area contributed by atoms with E-state index >= 15 is 0 Å². The monoisotopic (exact) mass is 543 g/mol. The first-order chi connectivity index (χ1) is 18.3. The van der Waals surface area contributed by atoms with Gasteiger partial charge in [0.1, 0.15) is 0 Å². The number of aliphatic hydroxyl groups is 1. The molecule has 0 radical (unpaired) electrons. The quantitative estimate of drug-likeness (QED) is 0.307. The van der Waals surface area contributed by atoms with Gasteiger partial charge in [0.25, 0.3) is 5.91 Å². The number of allylic oxidation sites excluding steroid dienone is 4. The van der Waals surface area contributed by atoms with Crippen molar-refractivity contribution < 1.29 is 33.8 Å². The van der Waals surface area contributed by atoms with Gasteiger partial charge in [0.15, 0.2) is 0 Å². The zero-order valence-electron chi connectivity index (χ0n) is 23.5. The van der Waals surface area contributed by atoms with E-state index in [1.807, 2.05) is 26.8 Å². The Hall–Kier alpha value is -3.34. The van der Waals surface area contributed by atoms with Gasteiger partial charge in [-0.15, -0.1) is 0 Å². The van der Waals surface area contributed by atoms with Crippen LogP contribution in [0.1, 0.15) is 47.0 Å². The van der Waals surface area contributed by atoms with Crippen LogP contribution >= 0.6 is 0 Å². The van der Waals surface area contributed by atoms with Crippen molar-refractivity contribution in [2.24, 2.45) is 29.2 Å². The summed E-state index contributed by atoms with van der Waals surface area (Å²) in [6.07, 6.45) is 6.25. The van der Waals surface area contributed by atoms with Crippen molar-refractivity contribution in [1.29, 1.82) is 0 Å². The average Bonchev–Trinajstić information content (AvgIpc) is 2.88. The highest BCUT2D eigenvalue weighted by atomic mass is 16.5. The third-order valence-corrected chi connectivity index (χ3v) is 7.25. The largest absolute Gasteiger partial charge is 0.395 e. The molecule has 6 atom stereocenters. The van der Waals surface area contributed by atoms with E-state index in [4.69, 9.17) is 20.9 Å². The molecule has 214 valence electrons. The molecule has 2 aliphatic rings. The number of fused-ring (bicyclic) bond motifs is 2. The van der Waals surface area contributed by atoms with E-state index < -0.39 is 47.6 Å². The summed E-state index contributed by atoms with van der Waals surface area (Å²) in [5.74, 6) is -3.11. The fourth-order valence-corrected chi connectivity index (χ4v) is 4.92. The molecule has 10 nitrogen and oxygen atoms in total. The third-order valence-electron chi connectivity index (χ3n) is 7.25. The second-order valence-corrected chi connectivity index (χ2v) is 10.4. The lowest BCUT2D eigenvalue weighted by atomic mass is 9.84. The van der Waals surface area contributed by atoms with Crippen LogP contribution in [0.3, 0.4) is 0 Å². The van der Waals surface area contributed by atoms with Crippen LogP contribution in [0.15, 0.2) is 58.5 Å². The maximum Gasteiger partial charge on any atom is 0.251 e. The lowest BCUT2D eigenvalue weighted by Gasteiger charge is -2.30. The van der Waals surface area contributed by atoms with Gasteiger partial charge in [0.2, 0.25) is 17.5 Å². The number of hydrogen-bond acceptors (Lipinski definition) is 8. The lowest BCUT2D eigenvalue weighted by molar-refractivity contribution is -0.120. The van der Waals surface area contributed by atoms with Crippen LogP contribution in [0, 0.1) is 17.8 Å². The van der Waals surface area contributed by atoms with Crippen molar-refractivity contribution in [3.63, 3.8) is 0 Å². The predicted octanol–water partition coefficient (Wildman–Crippen LogP) is 1.75. The Balaban J connectivity index is 2.58. The number of aliphatic hydroxyl groups excluding tert-OH is 1. The number of methoxy groups -OCH3 is 2. The fraction of sp³-hybridized carbons (Fsp3) is 0.517. The maximum atomic E-state index is 13.2. The van der Waals surface area contributed by atoms with Gasteiger partial charge >= 0.3 is 0 Å². The van der Waals surface area contributed by atoms with Gasteiger partial charge in [-0.1, -0.05) is 43.7 Å². The number of carbonyl (C=O) groups excluding carboxylic acids is 4. The van der Waals surface area contributed by atoms with E-state index in [-0.39, 0.29) is 47.2 Å². The van der Waals surface area contributed by atoms with E-state index in [1.54, 1.807) is 19.1 Å². The van der Waals surface area contributed by atoms with E-state index in [2.05, 4.69) is 5.32 Å². The summed E-state index contributed by atoms with van der Waals surface area (Å²) < 4.78 is 11.3. The molecule has 0 saturated carbocycles. The maximum absolute atomic E-state index is 13.2. The Morgan fingerprint density at radius 2 is 1.82 bits per heavy atom. The third kappa shape index (κ3) is 8.32. The second kappa shape index (κ2) is 14.2. The average molecular weight is 544 g/mol. The molecule has 2 amide bonds. The van der Waals surface area contributed by atoms with Gasteiger partial charge in [-0.3, -0.25) is 19.2 Å². The predicted molar refractivity (Wildman–Crippen MR) is 147 cm³/mol. The number of nitrogens with one attached hydrogen (secondary N) is 1. The summed E-state index contributed by atoms with van der Waals surface area (Å²) >= 11 is 0. The molecule has 0 aromatic carbocycles. The molecule has 10 heteroatoms. The summed E-state index contributed by atoms with van der Waals surface area (Å²) in [4.78, 5) is 50.4. The number of carbonyl (C=O) groups is 4. The number of hydrogen-bond donors (Lipinski definition) is 4. The topological polar surface area (TPSA) is 171 Å². The Kier molecular flexibility index (Phi) is 11.6. The van der Waals surface area contributed by atoms with Crippen LogP contribution in [-0.4, -0.2) is 61.0 Å². The summed E-state index contributed by atoms with van der Waals surface area (Å²) in [7, 11) is 3.00. The van der Waals surface area contributed by atoms with Gasteiger partial charge in [-0.05, 0) is 32.6 Å². The molecule has 1 heterocycles. The minimum absolute atomic E-state index is 0.0166. The molecule has 0 aromatic heterocycles. The van der Waals surface area contributed by atoms with Crippen molar-refractivity contribution in [3.05, 3.63) is 58.5 Å². The number of rotatable bonds is 4. The first kappa shape index (κ1) is 31.9. The number of amides is 2. The molecule has 0 spiro atoms. The van der Waals surface area contributed by atoms with Crippen LogP contribution in [0.4, 0.5) is 0 Å². The van der Waals surface area contributed by atoms with Crippen molar-refractivity contribution in [3.8, 4) is 0 Å². The van der Waals surface area contributed by atoms with Crippen LogP contribution in [0.5, 0.6) is 0 Å². The Morgan fingerprint density at radius 1 is 1.15 bits per heavy atom. The first-order valence-electron chi connectivity index (χ1n) is 13.0. The molecule has 0 aromatic rings. The number of ketones is 2. The highest BCUT2D eigenvalue weighted by Crippen LogP contribution is 2.29. The minimum Gasteiger partial charge on any atom is -0.395 e. The number of ether oxygens (including phenoxy) is 2. The Morgan fingerprint density at radius 3 is 2.41 bits per heavy atom. The SMILES string of the molecule is CO[C@H]1/C=C\C=C(/C)C(=O)NC2=CC(=O)C(N)=C(C[C@@H](C)C[C@H](OC)[C@H](O)[C@@H](C)/C=C(\C)[C@@H]1CC(N)=O)C2=O. The van der Waals surface area contributed by atoms with Crippen LogP contribution in [-0.2, 0) is 28.7 Å². The van der Waals surface area contributed by atoms with E-state index in [9.17, 15) is 24.3 Å². The van der Waals surface area contributed by atoms with Crippen LogP contribution in [0.25, 0.3) is 0 Å². The molecular formula is C29H41N3O7. The molecule has 0 saturated heterocycles. The highest BCUT2D eigenvalue weighted by Gasteiger charge is 2.32. The molecule has 1 aliphatic heterocycles. The molecule has 2 bridgehead atoms. The normalized spacial score (nSPS) is 33.4. The minimum atomic E-state index is -0.907. The summed E-state index contributed by atoms with van der Waals surface area (Å²) in [6.45, 7) is 7.12. The van der Waals surface area contributed by atoms with Gasteiger partial charge < -0.3 is 31.4 Å². The highest BCUT2D eigenvalue weighted by molar-refractivity contribution is 6.23. The van der Waals surface area contributed by atoms with E-state index in [0.717, 1.165) is 11.6 Å². The summed E-state index contributed by atoms with van der Waals surface area (Å²) in [5, 5.41) is 13.7. The van der Waals surface area contributed by atoms with Crippen LogP contribution < -0.4 is 16.8 Å². The molecule has 0 unspecified atom stereocenters. The fourth-order valence-electron chi connectivity index (χ4n) is 4.92. The Labute approximate surface area is 229 Å². The van der Waals surface area contributed by atoms with E-state index in [1.165, 1.54) is 20.3 Å². The number of Topliss-reactive ketones (excluding diaryl/α,β-unsaturated/α-hetero) is 1. The van der Waals surface area contributed by atoms with Crippen molar-refractivity contribution in [2.75, 3.05) is 14.2 Å². The molecular weight excluding hydrogens is 502 g/mol. The summed E-state index contributed by atoms with van der Waals surface area (Å²) in [5.41, 5.74) is 12.4. The van der Waals surface area contributed by atoms with Gasteiger partial charge in [-0.2, -0.15) is 0 Å². The molecule has 39 heavy (non-hydrogen) atoms. The lowest BCUT2D eigenvalue weighted by Crippen LogP contribution is -2.36. The van der Waals surface area contributed by atoms with Crippen molar-refractivity contribution in [2.45, 2.75) is 65.3 Å². The van der Waals surface area contributed by atoms with Crippen LogP contribution in [0.2, 0.25) is 0 Å². The molecule has 6 N–H and O–H groups in total. The number of primary amides is 1. The molecule has 0 fully saturated rings. The zero-order valence-corrected chi connectivity index (χ0v) is 23.5.